The Kier molecular flexibility index (Phi) is 31.9. The fraction of sp³-hybridized carbons (Fsp3) is 0.443. The number of fused-ring (bicyclic) bond motifs is 2. The smallest absolute Gasteiger partial charge is 0.327 e. The molecule has 34 nitrogen and oxygen atoms in total. The van der Waals surface area contributed by atoms with Gasteiger partial charge in [0.1, 0.15) is 67.0 Å². The average Bonchev–Trinajstić information content (AvgIpc) is 1.81. The maximum absolute atomic E-state index is 15.0. The normalized spacial score (nSPS) is 15.2. The largest absolute Gasteiger partial charge is 0.481 e. The number of benzene rings is 4. The van der Waals surface area contributed by atoms with Gasteiger partial charge in [-0.3, -0.25) is 67.7 Å². The number of aliphatic carboxylic acids is 3. The third-order valence-corrected chi connectivity index (χ3v) is 17.4. The van der Waals surface area contributed by atoms with Crippen molar-refractivity contribution in [3.63, 3.8) is 0 Å². The first-order valence-electron chi connectivity index (χ1n) is 34.1. The number of carboxylic acids is 3. The lowest BCUT2D eigenvalue weighted by Crippen LogP contribution is -2.61. The molecule has 0 spiro atoms. The molecule has 0 radical (unpaired) electrons. The fourth-order valence-corrected chi connectivity index (χ4v) is 12.0. The third-order valence-electron chi connectivity index (χ3n) is 17.1. The van der Waals surface area contributed by atoms with Crippen LogP contribution < -0.4 is 75.7 Å². The summed E-state index contributed by atoms with van der Waals surface area (Å²) in [6, 6.07) is 10.2. The van der Waals surface area contributed by atoms with Gasteiger partial charge in [-0.15, -0.1) is 0 Å². The van der Waals surface area contributed by atoms with Gasteiger partial charge in [0.2, 0.25) is 65.0 Å². The molecule has 35 heteroatoms. The Morgan fingerprint density at radius 1 is 0.590 bits per heavy atom. The van der Waals surface area contributed by atoms with Crippen molar-refractivity contribution in [2.75, 3.05) is 32.7 Å². The maximum Gasteiger partial charge on any atom is 0.327 e. The van der Waals surface area contributed by atoms with Crippen LogP contribution in [0, 0.1) is 11.3 Å². The van der Waals surface area contributed by atoms with E-state index in [1.54, 1.807) is 80.7 Å². The minimum absolute atomic E-state index is 0.0383. The van der Waals surface area contributed by atoms with E-state index in [9.17, 15) is 72.5 Å². The molecule has 0 saturated carbocycles. The van der Waals surface area contributed by atoms with Gasteiger partial charge in [0.05, 0.1) is 6.42 Å². The van der Waals surface area contributed by atoms with E-state index < -0.39 is 169 Å². The third kappa shape index (κ3) is 26.2. The van der Waals surface area contributed by atoms with Crippen molar-refractivity contribution >= 4 is 122 Å². The number of rotatable bonds is 41. The van der Waals surface area contributed by atoms with Gasteiger partial charge in [0.15, 0.2) is 5.96 Å². The second-order valence-corrected chi connectivity index (χ2v) is 26.2. The van der Waals surface area contributed by atoms with Crippen LogP contribution in [-0.2, 0) is 86.4 Å². The average molecular weight is 1480 g/mol. The number of nitrogens with two attached hydrogens (primary N) is 3. The van der Waals surface area contributed by atoms with Gasteiger partial charge < -0.3 is 101 Å². The molecule has 566 valence electrons. The van der Waals surface area contributed by atoms with Crippen LogP contribution in [0.3, 0.4) is 0 Å². The molecule has 1 aliphatic rings. The fourth-order valence-electron chi connectivity index (χ4n) is 11.9. The van der Waals surface area contributed by atoms with E-state index in [-0.39, 0.29) is 89.3 Å². The summed E-state index contributed by atoms with van der Waals surface area (Å²) in [6.07, 6.45) is -1.02. The summed E-state index contributed by atoms with van der Waals surface area (Å²) in [5, 5.41) is 66.9. The Bertz CT molecular complexity index is 3970. The number of likely N-dealkylation sites (tertiary alicyclic amines) is 1. The Balaban J connectivity index is 1.29. The van der Waals surface area contributed by atoms with Crippen LogP contribution in [0.5, 0.6) is 0 Å². The van der Waals surface area contributed by atoms with E-state index in [0.29, 0.717) is 39.0 Å². The van der Waals surface area contributed by atoms with Crippen molar-refractivity contribution in [3.05, 3.63) is 119 Å². The van der Waals surface area contributed by atoms with Gasteiger partial charge in [-0.05, 0) is 103 Å². The van der Waals surface area contributed by atoms with Crippen LogP contribution in [0.2, 0.25) is 5.02 Å². The number of aromatic nitrogens is 1. The number of carboxylic acid groups (broad SMARTS) is 3. The number of nitrogens with zero attached hydrogens (tertiary/aromatic N) is 1. The van der Waals surface area contributed by atoms with Gasteiger partial charge in [0, 0.05) is 74.4 Å². The van der Waals surface area contributed by atoms with Crippen LogP contribution in [0.4, 0.5) is 0 Å². The molecule has 11 amide bonds. The number of nitrogens with one attached hydrogen (secondary N) is 13. The Morgan fingerprint density at radius 3 is 1.73 bits per heavy atom. The van der Waals surface area contributed by atoms with Gasteiger partial charge in [-0.2, -0.15) is 0 Å². The summed E-state index contributed by atoms with van der Waals surface area (Å²) < 4.78 is 0. The van der Waals surface area contributed by atoms with Crippen molar-refractivity contribution in [1.82, 2.24) is 68.4 Å². The predicted molar refractivity (Wildman–Crippen MR) is 384 cm³/mol. The molecule has 2 heterocycles. The van der Waals surface area contributed by atoms with Gasteiger partial charge in [0.25, 0.3) is 0 Å². The molecule has 0 unspecified atom stereocenters. The van der Waals surface area contributed by atoms with Crippen LogP contribution in [0.1, 0.15) is 95.2 Å². The van der Waals surface area contributed by atoms with E-state index in [1.807, 2.05) is 18.2 Å². The number of amides is 11. The Labute approximate surface area is 608 Å². The van der Waals surface area contributed by atoms with Gasteiger partial charge in [-0.25, -0.2) is 4.79 Å². The highest BCUT2D eigenvalue weighted by atomic mass is 35.5. The monoisotopic (exact) mass is 1480 g/mol. The molecular weight excluding hydrogens is 1390 g/mol. The second kappa shape index (κ2) is 40.5. The highest BCUT2D eigenvalue weighted by Gasteiger charge is 2.41. The van der Waals surface area contributed by atoms with Crippen molar-refractivity contribution in [3.8, 4) is 0 Å². The number of H-pyrrole nitrogens is 1. The first-order valence-corrected chi connectivity index (χ1v) is 34.5. The number of halogens is 1. The lowest BCUT2D eigenvalue weighted by atomic mass is 9.98. The lowest BCUT2D eigenvalue weighted by Gasteiger charge is -2.31. The molecule has 10 atom stereocenters. The highest BCUT2D eigenvalue weighted by Crippen LogP contribution is 2.23. The Hall–Kier alpha value is -11.3. The van der Waals surface area contributed by atoms with Gasteiger partial charge >= 0.3 is 17.9 Å². The van der Waals surface area contributed by atoms with E-state index in [0.717, 1.165) is 17.7 Å². The molecule has 105 heavy (non-hydrogen) atoms. The van der Waals surface area contributed by atoms with Crippen LogP contribution in [0.25, 0.3) is 21.7 Å². The number of carbonyl (C=O) groups is 14. The number of aromatic amines is 1. The van der Waals surface area contributed by atoms with E-state index in [1.165, 1.54) is 17.0 Å². The molecule has 22 N–H and O–H groups in total. The van der Waals surface area contributed by atoms with Crippen LogP contribution in [0.15, 0.2) is 97.2 Å². The number of guanidine groups is 1. The summed E-state index contributed by atoms with van der Waals surface area (Å²) in [7, 11) is 0. The SMILES string of the molecule is CC(=O)N[C@@H](CCC(=O)NCC(=O)O)C(=O)N[C@H](Cc1ccc(Cl)cc1)C(=O)N[C@@H](Cc1c[nH]c2ccccc12)C(=O)N[C@@H](CC(=O)O)C(=O)N[C@@H](CCN)C(=O)N[C@H](Cc1ccc2ccccc2c1)C(=O)N[C@@H](CC(C)C)C(=O)N[C@@H](CCCNC(=N)N)C(=O)N1CCC[C@H]1C(=O)N[C@@H](CN)C(=O)O. The highest BCUT2D eigenvalue weighted by molar-refractivity contribution is 6.30. The number of carbonyl (C=O) groups excluding carboxylic acids is 11. The summed E-state index contributed by atoms with van der Waals surface area (Å²) in [4.78, 5) is 196. The lowest BCUT2D eigenvalue weighted by molar-refractivity contribution is -0.145. The molecule has 0 bridgehead atoms. The predicted octanol–water partition coefficient (Wildman–Crippen LogP) is -1.47. The molecular formula is C70H92ClN17O17. The number of para-hydroxylation sites is 1. The zero-order valence-electron chi connectivity index (χ0n) is 58.2. The molecule has 1 fully saturated rings. The Morgan fingerprint density at radius 2 is 1.13 bits per heavy atom. The van der Waals surface area contributed by atoms with Gasteiger partial charge in [-0.1, -0.05) is 98.2 Å². The summed E-state index contributed by atoms with van der Waals surface area (Å²) in [5.74, 6) is -15.1. The number of hydrogen-bond donors (Lipinski definition) is 19. The van der Waals surface area contributed by atoms with Crippen molar-refractivity contribution in [1.29, 1.82) is 5.41 Å². The topological polar surface area (TPSA) is 553 Å². The second-order valence-electron chi connectivity index (χ2n) is 25.8. The molecule has 1 aliphatic heterocycles. The molecule has 1 aromatic heterocycles. The van der Waals surface area contributed by atoms with Crippen LogP contribution in [-0.4, -0.2) is 207 Å². The van der Waals surface area contributed by atoms with E-state index in [2.05, 4.69) is 63.5 Å². The zero-order chi connectivity index (χ0) is 77.0. The van der Waals surface area contributed by atoms with E-state index >= 15 is 4.79 Å². The summed E-state index contributed by atoms with van der Waals surface area (Å²) in [5.41, 5.74) is 19.2. The number of hydrogen-bond acceptors (Lipinski definition) is 17. The minimum atomic E-state index is -2.01. The first kappa shape index (κ1) is 82.7. The first-order chi connectivity index (χ1) is 49.9. The minimum Gasteiger partial charge on any atom is -0.481 e. The quantitative estimate of drug-likeness (QED) is 0.0121. The molecule has 0 aliphatic carbocycles. The maximum atomic E-state index is 15.0. The van der Waals surface area contributed by atoms with Crippen LogP contribution >= 0.6 is 11.6 Å². The van der Waals surface area contributed by atoms with Crippen molar-refractivity contribution in [2.24, 2.45) is 23.1 Å². The molecule has 5 aromatic rings. The zero-order valence-corrected chi connectivity index (χ0v) is 59.0. The molecule has 6 rings (SSSR count). The van der Waals surface area contributed by atoms with E-state index in [4.69, 9.17) is 39.3 Å². The molecule has 1 saturated heterocycles. The molecule has 4 aromatic carbocycles. The van der Waals surface area contributed by atoms with Crippen molar-refractivity contribution in [2.45, 2.75) is 158 Å². The van der Waals surface area contributed by atoms with Crippen molar-refractivity contribution < 1.29 is 82.4 Å². The standard InChI is InChI=1S/C70H92ClN17O17/c1-37(2)28-50(62(97)81-49(14-8-26-76-70(74)75)68(103)88-27-9-15-56(88)67(102)87-55(34-73)69(104)105)82-64(99)52(31-40-16-19-41-10-4-5-11-42(41)29-40)84-61(96)48(24-25-72)80-66(101)54(33-58(91)92)86-65(100)53(32-43-35-77-46-13-7-6-12-45(43)46)85-63(98)51(30-39-17-20-44(71)21-18-39)83-60(95)47(79-38(3)89)22-23-57(90)78-36-59(93)94/h4-7,10-13,16-21,29,35,37,47-56,77H,8-9,14-15,22-28,30-34,36,72-73H2,1-3H3,(H,78,90)(H,79,89)(H,80,101)(H,81,97)(H,82,99)(H,83,95)(H,84,96)(H,85,98)(H,86,100)(H,87,102)(H,91,92)(H,93,94)(H,104,105)(H4,74,75,76)/t47-,48-,49-,50-,51+,52+,53-,54-,55-,56-/m0/s1. The summed E-state index contributed by atoms with van der Waals surface area (Å²) in [6.45, 7) is 3.30. The summed E-state index contributed by atoms with van der Waals surface area (Å²) >= 11 is 6.18.